The van der Waals surface area contributed by atoms with Crippen LogP contribution in [0.1, 0.15) is 43.1 Å². The number of carbonyl (C=O) groups is 1. The molecule has 2 nitrogen and oxygen atoms in total. The zero-order chi connectivity index (χ0) is 17.4. The standard InChI is InChI=1S/C16H20NO.C2H6.C2H4/c1-4-14(11-12-17(2)3)5-6-15-7-9-16(13-18)10-8-15;2*1-2/h5-13H,4H2,1-3H3;1-2H3;1-2H2/q+1;;/b6-5+,14-11+;;. The van der Waals surface area contributed by atoms with Gasteiger partial charge in [-0.1, -0.05) is 57.2 Å². The first kappa shape index (κ1) is 22.1. The van der Waals surface area contributed by atoms with Gasteiger partial charge in [0.05, 0.1) is 0 Å². The Bertz CT molecular complexity index is 489. The van der Waals surface area contributed by atoms with Gasteiger partial charge in [-0.25, -0.2) is 4.58 Å². The van der Waals surface area contributed by atoms with Crippen molar-refractivity contribution in [1.82, 2.24) is 0 Å². The van der Waals surface area contributed by atoms with Crippen LogP contribution in [0, 0.1) is 0 Å². The van der Waals surface area contributed by atoms with Crippen molar-refractivity contribution in [1.29, 1.82) is 0 Å². The van der Waals surface area contributed by atoms with Gasteiger partial charge in [-0.3, -0.25) is 4.79 Å². The Morgan fingerprint density at radius 1 is 1.09 bits per heavy atom. The summed E-state index contributed by atoms with van der Waals surface area (Å²) in [7, 11) is 4.01. The van der Waals surface area contributed by atoms with Crippen molar-refractivity contribution in [2.24, 2.45) is 0 Å². The molecule has 0 saturated heterocycles. The van der Waals surface area contributed by atoms with E-state index in [2.05, 4.69) is 38.3 Å². The Balaban J connectivity index is 0. The van der Waals surface area contributed by atoms with E-state index in [0.717, 1.165) is 18.3 Å². The van der Waals surface area contributed by atoms with Crippen LogP contribution in [0.15, 0.2) is 55.1 Å². The second-order valence-electron chi connectivity index (χ2n) is 4.33. The number of nitrogens with zero attached hydrogens (tertiary/aromatic N) is 1. The summed E-state index contributed by atoms with van der Waals surface area (Å²) in [4.78, 5) is 10.5. The molecular formula is C20H30NO+. The molecule has 120 valence electrons. The predicted molar refractivity (Wildman–Crippen MR) is 100 cm³/mol. The molecule has 0 spiro atoms. The molecule has 0 fully saturated rings. The highest BCUT2D eigenvalue weighted by Gasteiger charge is 1.92. The first-order valence-corrected chi connectivity index (χ1v) is 7.59. The summed E-state index contributed by atoms with van der Waals surface area (Å²) in [5.74, 6) is 0. The molecule has 0 aliphatic carbocycles. The number of hydrogen-bond donors (Lipinski definition) is 0. The van der Waals surface area contributed by atoms with E-state index in [0.29, 0.717) is 5.56 Å². The second-order valence-corrected chi connectivity index (χ2v) is 4.33. The fraction of sp³-hybridized carbons (Fsp3) is 0.300. The van der Waals surface area contributed by atoms with E-state index in [1.54, 1.807) is 0 Å². The number of aldehydes is 1. The minimum absolute atomic E-state index is 0.708. The first-order valence-electron chi connectivity index (χ1n) is 7.59. The summed E-state index contributed by atoms with van der Waals surface area (Å²) in [5, 5.41) is 0. The van der Waals surface area contributed by atoms with Crippen LogP contribution in [0.2, 0.25) is 0 Å². The van der Waals surface area contributed by atoms with Crippen molar-refractivity contribution < 1.29 is 9.37 Å². The highest BCUT2D eigenvalue weighted by Crippen LogP contribution is 2.08. The third-order valence-electron chi connectivity index (χ3n) is 2.56. The molecule has 22 heavy (non-hydrogen) atoms. The summed E-state index contributed by atoms with van der Waals surface area (Å²) >= 11 is 0. The molecule has 1 aromatic rings. The van der Waals surface area contributed by atoms with E-state index < -0.39 is 0 Å². The maximum Gasteiger partial charge on any atom is 0.163 e. The highest BCUT2D eigenvalue weighted by molar-refractivity contribution is 5.75. The van der Waals surface area contributed by atoms with Crippen LogP contribution >= 0.6 is 0 Å². The van der Waals surface area contributed by atoms with E-state index in [1.165, 1.54) is 5.57 Å². The van der Waals surface area contributed by atoms with Crippen molar-refractivity contribution in [3.05, 3.63) is 66.3 Å². The molecular weight excluding hydrogens is 270 g/mol. The molecule has 0 N–H and O–H groups in total. The zero-order valence-electron chi connectivity index (χ0n) is 14.7. The van der Waals surface area contributed by atoms with Crippen molar-refractivity contribution in [2.45, 2.75) is 27.2 Å². The molecule has 0 unspecified atom stereocenters. The van der Waals surface area contributed by atoms with Crippen molar-refractivity contribution in [2.75, 3.05) is 14.1 Å². The van der Waals surface area contributed by atoms with Crippen molar-refractivity contribution in [3.63, 3.8) is 0 Å². The van der Waals surface area contributed by atoms with Gasteiger partial charge in [-0.2, -0.15) is 0 Å². The summed E-state index contributed by atoms with van der Waals surface area (Å²) in [6, 6.07) is 7.55. The molecule has 1 rings (SSSR count). The Hall–Kier alpha value is -2.22. The molecule has 0 amide bonds. The lowest BCUT2D eigenvalue weighted by Gasteiger charge is -1.96. The fourth-order valence-electron chi connectivity index (χ4n) is 1.43. The van der Waals surface area contributed by atoms with E-state index >= 15 is 0 Å². The molecule has 1 aromatic carbocycles. The van der Waals surface area contributed by atoms with Crippen LogP contribution in [0.3, 0.4) is 0 Å². The van der Waals surface area contributed by atoms with Crippen LogP contribution in [-0.2, 0) is 0 Å². The van der Waals surface area contributed by atoms with Gasteiger partial charge in [-0.15, -0.1) is 13.2 Å². The third kappa shape index (κ3) is 10.6. The van der Waals surface area contributed by atoms with Gasteiger partial charge in [0, 0.05) is 11.6 Å². The summed E-state index contributed by atoms with van der Waals surface area (Å²) in [6.07, 6.45) is 10.2. The summed E-state index contributed by atoms with van der Waals surface area (Å²) < 4.78 is 2.02. The number of hydrogen-bond acceptors (Lipinski definition) is 1. The van der Waals surface area contributed by atoms with Crippen LogP contribution in [0.5, 0.6) is 0 Å². The van der Waals surface area contributed by atoms with Crippen molar-refractivity contribution in [3.8, 4) is 0 Å². The van der Waals surface area contributed by atoms with Crippen LogP contribution in [0.25, 0.3) is 6.08 Å². The van der Waals surface area contributed by atoms with Gasteiger partial charge in [0.25, 0.3) is 0 Å². The number of carbonyl (C=O) groups excluding carboxylic acids is 1. The van der Waals surface area contributed by atoms with E-state index in [-0.39, 0.29) is 0 Å². The molecule has 0 atom stereocenters. The lowest BCUT2D eigenvalue weighted by atomic mass is 10.1. The molecule has 2 heteroatoms. The summed E-state index contributed by atoms with van der Waals surface area (Å²) in [6.45, 7) is 12.1. The largest absolute Gasteiger partial charge is 0.298 e. The van der Waals surface area contributed by atoms with Gasteiger partial charge in [0.2, 0.25) is 0 Å². The molecule has 0 aliphatic rings. The van der Waals surface area contributed by atoms with Gasteiger partial charge in [0.1, 0.15) is 20.4 Å². The molecule has 0 bridgehead atoms. The molecule has 0 aliphatic heterocycles. The normalized spacial score (nSPS) is 9.95. The second kappa shape index (κ2) is 15.2. The summed E-state index contributed by atoms with van der Waals surface area (Å²) in [5.41, 5.74) is 3.08. The van der Waals surface area contributed by atoms with Crippen LogP contribution in [-0.4, -0.2) is 31.2 Å². The fourth-order valence-corrected chi connectivity index (χ4v) is 1.43. The van der Waals surface area contributed by atoms with Crippen LogP contribution < -0.4 is 0 Å². The van der Waals surface area contributed by atoms with Gasteiger partial charge in [0.15, 0.2) is 6.21 Å². The smallest absolute Gasteiger partial charge is 0.163 e. The zero-order valence-corrected chi connectivity index (χ0v) is 14.7. The van der Waals surface area contributed by atoms with Gasteiger partial charge < -0.3 is 0 Å². The lowest BCUT2D eigenvalue weighted by molar-refractivity contribution is -0.458. The monoisotopic (exact) mass is 300 g/mol. The van der Waals surface area contributed by atoms with Crippen molar-refractivity contribution >= 4 is 18.6 Å². The molecule has 0 saturated carbocycles. The quantitative estimate of drug-likeness (QED) is 0.246. The molecule has 0 aromatic heterocycles. The third-order valence-corrected chi connectivity index (χ3v) is 2.56. The maximum absolute atomic E-state index is 10.5. The predicted octanol–water partition coefficient (Wildman–Crippen LogP) is 5.02. The number of rotatable bonds is 5. The number of benzene rings is 1. The Labute approximate surface area is 136 Å². The average Bonchev–Trinajstić information content (AvgIpc) is 2.59. The Kier molecular flexibility index (Phi) is 15.2. The van der Waals surface area contributed by atoms with E-state index in [9.17, 15) is 4.79 Å². The average molecular weight is 300 g/mol. The van der Waals surface area contributed by atoms with Crippen LogP contribution in [0.4, 0.5) is 0 Å². The minimum atomic E-state index is 0.708. The molecule has 0 heterocycles. The van der Waals surface area contributed by atoms with E-state index in [4.69, 9.17) is 0 Å². The maximum atomic E-state index is 10.5. The highest BCUT2D eigenvalue weighted by atomic mass is 16.1. The van der Waals surface area contributed by atoms with Gasteiger partial charge in [-0.05, 0) is 17.6 Å². The Morgan fingerprint density at radius 2 is 1.59 bits per heavy atom. The molecule has 0 radical (unpaired) electrons. The minimum Gasteiger partial charge on any atom is -0.298 e. The van der Waals surface area contributed by atoms with E-state index in [1.807, 2.05) is 63.0 Å². The topological polar surface area (TPSA) is 20.1 Å². The Morgan fingerprint density at radius 3 is 2.00 bits per heavy atom. The SMILES string of the molecule is C=C.CC.CCC(/C=C/c1ccc(C=O)cc1)=C\C=[N+](C)C. The first-order chi connectivity index (χ1) is 10.7. The lowest BCUT2D eigenvalue weighted by Crippen LogP contribution is -1.96. The van der Waals surface area contributed by atoms with Gasteiger partial charge >= 0.3 is 0 Å². The number of allylic oxidation sites excluding steroid dienone is 3.